The summed E-state index contributed by atoms with van der Waals surface area (Å²) in [6.45, 7) is 5.60. The van der Waals surface area contributed by atoms with Crippen LogP contribution in [0, 0.1) is 6.92 Å². The first-order valence-electron chi connectivity index (χ1n) is 11.5. The first-order chi connectivity index (χ1) is 17.4. The molecule has 1 aliphatic heterocycles. The van der Waals surface area contributed by atoms with Crippen molar-refractivity contribution in [2.75, 3.05) is 6.61 Å². The van der Waals surface area contributed by atoms with E-state index >= 15 is 0 Å². The summed E-state index contributed by atoms with van der Waals surface area (Å²) in [6.07, 6.45) is 1.75. The van der Waals surface area contributed by atoms with Crippen molar-refractivity contribution in [3.05, 3.63) is 114 Å². The number of allylic oxidation sites excluding steroid dienone is 1. The van der Waals surface area contributed by atoms with Crippen molar-refractivity contribution in [1.82, 2.24) is 14.3 Å². The van der Waals surface area contributed by atoms with Gasteiger partial charge < -0.3 is 4.74 Å². The molecule has 0 N–H and O–H groups in total. The van der Waals surface area contributed by atoms with Gasteiger partial charge >= 0.3 is 5.97 Å². The number of hydrogen-bond acceptors (Lipinski definition) is 6. The van der Waals surface area contributed by atoms with Crippen LogP contribution in [0.3, 0.4) is 0 Å². The molecule has 182 valence electrons. The van der Waals surface area contributed by atoms with Crippen LogP contribution in [0.5, 0.6) is 0 Å². The Morgan fingerprint density at radius 3 is 2.44 bits per heavy atom. The SMILES string of the molecule is CCOC(=O)C1=C(C)N=c2s/c(=C/c3c(C)nn(-c4ccccc4)c3Cl)c(=O)n2C1c1ccccc1. The number of rotatable bonds is 5. The fourth-order valence-electron chi connectivity index (χ4n) is 4.29. The zero-order valence-corrected chi connectivity index (χ0v) is 21.5. The van der Waals surface area contributed by atoms with Crippen molar-refractivity contribution >= 4 is 35.0 Å². The number of halogens is 1. The van der Waals surface area contributed by atoms with Crippen molar-refractivity contribution in [3.63, 3.8) is 0 Å². The van der Waals surface area contributed by atoms with Gasteiger partial charge in [0.05, 0.1) is 39.8 Å². The lowest BCUT2D eigenvalue weighted by atomic mass is 9.96. The minimum absolute atomic E-state index is 0.227. The molecular formula is C27H23ClN4O3S. The second-order valence-corrected chi connectivity index (χ2v) is 9.62. The predicted molar refractivity (Wildman–Crippen MR) is 140 cm³/mol. The largest absolute Gasteiger partial charge is 0.463 e. The van der Waals surface area contributed by atoms with Gasteiger partial charge in [0.1, 0.15) is 5.15 Å². The third-order valence-corrected chi connectivity index (χ3v) is 7.30. The number of fused-ring (bicyclic) bond motifs is 1. The maximum atomic E-state index is 13.8. The molecule has 0 fully saturated rings. The quantitative estimate of drug-likeness (QED) is 0.375. The molecule has 36 heavy (non-hydrogen) atoms. The minimum atomic E-state index is -0.646. The monoisotopic (exact) mass is 518 g/mol. The Morgan fingerprint density at radius 1 is 1.11 bits per heavy atom. The molecular weight excluding hydrogens is 496 g/mol. The lowest BCUT2D eigenvalue weighted by Gasteiger charge is -2.24. The lowest BCUT2D eigenvalue weighted by molar-refractivity contribution is -0.139. The molecule has 1 atom stereocenters. The molecule has 4 aromatic rings. The third kappa shape index (κ3) is 4.12. The summed E-state index contributed by atoms with van der Waals surface area (Å²) in [7, 11) is 0. The summed E-state index contributed by atoms with van der Waals surface area (Å²) in [5.41, 5.74) is 3.60. The maximum Gasteiger partial charge on any atom is 0.338 e. The molecule has 0 amide bonds. The van der Waals surface area contributed by atoms with E-state index in [0.29, 0.717) is 37.0 Å². The molecule has 9 heteroatoms. The van der Waals surface area contributed by atoms with Crippen LogP contribution in [0.1, 0.15) is 36.7 Å². The first-order valence-corrected chi connectivity index (χ1v) is 12.6. The van der Waals surface area contributed by atoms with Gasteiger partial charge in [-0.1, -0.05) is 71.5 Å². The van der Waals surface area contributed by atoms with E-state index in [-0.39, 0.29) is 12.2 Å². The van der Waals surface area contributed by atoms with Gasteiger partial charge in [0.2, 0.25) is 0 Å². The summed E-state index contributed by atoms with van der Waals surface area (Å²) < 4.78 is 9.00. The van der Waals surface area contributed by atoms with Crippen molar-refractivity contribution in [1.29, 1.82) is 0 Å². The minimum Gasteiger partial charge on any atom is -0.463 e. The normalized spacial score (nSPS) is 15.6. The number of aryl methyl sites for hydroxylation is 1. The van der Waals surface area contributed by atoms with Crippen LogP contribution < -0.4 is 14.9 Å². The standard InChI is InChI=1S/C27H23ClN4O3S/c1-4-35-26(34)22-17(3)29-27-31(23(22)18-11-7-5-8-12-18)25(33)21(36-27)15-20-16(2)30-32(24(20)28)19-13-9-6-10-14-19/h5-15,23H,4H2,1-3H3/b21-15+. The number of thiazole rings is 1. The number of para-hydroxylation sites is 1. The number of hydrogen-bond donors (Lipinski definition) is 0. The number of carbonyl (C=O) groups excluding carboxylic acids is 1. The van der Waals surface area contributed by atoms with Crippen LogP contribution in [0.4, 0.5) is 0 Å². The van der Waals surface area contributed by atoms with Gasteiger partial charge in [0, 0.05) is 5.56 Å². The lowest BCUT2D eigenvalue weighted by Crippen LogP contribution is -2.39. The number of benzene rings is 2. The van der Waals surface area contributed by atoms with Gasteiger partial charge in [-0.25, -0.2) is 14.5 Å². The third-order valence-electron chi connectivity index (χ3n) is 5.96. The van der Waals surface area contributed by atoms with Gasteiger partial charge in [0.25, 0.3) is 5.56 Å². The maximum absolute atomic E-state index is 13.8. The van der Waals surface area contributed by atoms with Crippen LogP contribution in [0.2, 0.25) is 5.15 Å². The zero-order chi connectivity index (χ0) is 25.4. The molecule has 2 aromatic carbocycles. The molecule has 1 unspecified atom stereocenters. The summed E-state index contributed by atoms with van der Waals surface area (Å²) >= 11 is 7.97. The molecule has 0 bridgehead atoms. The Bertz CT molecular complexity index is 1670. The molecule has 2 aromatic heterocycles. The van der Waals surface area contributed by atoms with E-state index in [1.54, 1.807) is 29.2 Å². The molecule has 0 radical (unpaired) electrons. The van der Waals surface area contributed by atoms with E-state index in [1.807, 2.05) is 67.6 Å². The summed E-state index contributed by atoms with van der Waals surface area (Å²) in [5, 5.41) is 4.98. The van der Waals surface area contributed by atoms with E-state index in [1.165, 1.54) is 11.3 Å². The highest BCUT2D eigenvalue weighted by Gasteiger charge is 2.33. The first kappa shape index (κ1) is 24.0. The van der Waals surface area contributed by atoms with E-state index in [2.05, 4.69) is 10.1 Å². The van der Waals surface area contributed by atoms with Crippen molar-refractivity contribution in [3.8, 4) is 5.69 Å². The van der Waals surface area contributed by atoms with Crippen molar-refractivity contribution in [2.45, 2.75) is 26.8 Å². The van der Waals surface area contributed by atoms with Crippen LogP contribution in [0.25, 0.3) is 11.8 Å². The number of aromatic nitrogens is 3. The van der Waals surface area contributed by atoms with E-state index in [9.17, 15) is 9.59 Å². The Hall–Kier alpha value is -3.75. The number of esters is 1. The topological polar surface area (TPSA) is 78.5 Å². The predicted octanol–water partition coefficient (Wildman–Crippen LogP) is 3.95. The van der Waals surface area contributed by atoms with E-state index < -0.39 is 12.0 Å². The number of nitrogens with zero attached hydrogens (tertiary/aromatic N) is 4. The van der Waals surface area contributed by atoms with Gasteiger partial charge in [-0.2, -0.15) is 5.10 Å². The Labute approximate surface area is 216 Å². The van der Waals surface area contributed by atoms with Crippen LogP contribution in [-0.2, 0) is 9.53 Å². The van der Waals surface area contributed by atoms with E-state index in [0.717, 1.165) is 11.3 Å². The van der Waals surface area contributed by atoms with Gasteiger partial charge in [-0.15, -0.1) is 0 Å². The Balaban J connectivity index is 1.70. The molecule has 7 nitrogen and oxygen atoms in total. The summed E-state index contributed by atoms with van der Waals surface area (Å²) in [5.74, 6) is -0.482. The molecule has 0 saturated heterocycles. The smallest absolute Gasteiger partial charge is 0.338 e. The fourth-order valence-corrected chi connectivity index (χ4v) is 5.64. The Morgan fingerprint density at radius 2 is 1.78 bits per heavy atom. The van der Waals surface area contributed by atoms with Gasteiger partial charge in [-0.05, 0) is 44.5 Å². The van der Waals surface area contributed by atoms with Crippen molar-refractivity contribution in [2.24, 2.45) is 4.99 Å². The zero-order valence-electron chi connectivity index (χ0n) is 19.9. The molecule has 5 rings (SSSR count). The molecule has 0 spiro atoms. The second-order valence-electron chi connectivity index (χ2n) is 8.25. The second kappa shape index (κ2) is 9.72. The van der Waals surface area contributed by atoms with Crippen molar-refractivity contribution < 1.29 is 9.53 Å². The van der Waals surface area contributed by atoms with Gasteiger partial charge in [0.15, 0.2) is 4.80 Å². The molecule has 3 heterocycles. The summed E-state index contributed by atoms with van der Waals surface area (Å²) in [6, 6.07) is 18.4. The molecule has 0 saturated carbocycles. The van der Waals surface area contributed by atoms with Crippen LogP contribution in [0.15, 0.2) is 81.7 Å². The highest BCUT2D eigenvalue weighted by atomic mass is 35.5. The van der Waals surface area contributed by atoms with Gasteiger partial charge in [-0.3, -0.25) is 9.36 Å². The molecule has 1 aliphatic rings. The number of ether oxygens (including phenoxy) is 1. The highest BCUT2D eigenvalue weighted by molar-refractivity contribution is 7.07. The number of carbonyl (C=O) groups is 1. The van der Waals surface area contributed by atoms with E-state index in [4.69, 9.17) is 16.3 Å². The fraction of sp³-hybridized carbons (Fsp3) is 0.185. The van der Waals surface area contributed by atoms with Crippen LogP contribution >= 0.6 is 22.9 Å². The summed E-state index contributed by atoms with van der Waals surface area (Å²) in [4.78, 5) is 31.8. The average molecular weight is 519 g/mol. The Kier molecular flexibility index (Phi) is 6.47. The highest BCUT2D eigenvalue weighted by Crippen LogP contribution is 2.30. The average Bonchev–Trinajstić information content (AvgIpc) is 3.34. The van der Waals surface area contributed by atoms with Crippen LogP contribution in [-0.4, -0.2) is 26.9 Å². The molecule has 0 aliphatic carbocycles.